The first kappa shape index (κ1) is 25.9. The van der Waals surface area contributed by atoms with Gasteiger partial charge >= 0.3 is 5.97 Å². The summed E-state index contributed by atoms with van der Waals surface area (Å²) < 4.78 is 10.1. The molecule has 37 heavy (non-hydrogen) atoms. The number of hydrogen-bond acceptors (Lipinski definition) is 8. The Hall–Kier alpha value is -4.23. The summed E-state index contributed by atoms with van der Waals surface area (Å²) in [6.07, 6.45) is -0.203. The third-order valence-electron chi connectivity index (χ3n) is 6.41. The van der Waals surface area contributed by atoms with Crippen LogP contribution in [0.5, 0.6) is 5.75 Å². The predicted molar refractivity (Wildman–Crippen MR) is 139 cm³/mol. The van der Waals surface area contributed by atoms with Gasteiger partial charge in [-0.1, -0.05) is 30.0 Å². The fourth-order valence-corrected chi connectivity index (χ4v) is 5.64. The largest absolute Gasteiger partial charge is 0.497 e. The van der Waals surface area contributed by atoms with E-state index in [0.29, 0.717) is 17.0 Å². The summed E-state index contributed by atoms with van der Waals surface area (Å²) in [5.74, 6) is -1.95. The molecule has 0 aliphatic carbocycles. The normalized spacial score (nSPS) is 18.9. The van der Waals surface area contributed by atoms with Gasteiger partial charge in [0.15, 0.2) is 0 Å². The second-order valence-electron chi connectivity index (χ2n) is 8.65. The maximum atomic E-state index is 13.9. The Labute approximate surface area is 218 Å². The molecule has 2 atom stereocenters. The number of ether oxygens (including phenoxy) is 2. The summed E-state index contributed by atoms with van der Waals surface area (Å²) in [4.78, 5) is 40.3. The molecule has 0 aromatic heterocycles. The number of benzene rings is 2. The molecule has 2 aromatic carbocycles. The standard InChI is InChI=1S/C27H26N4O5S/c1-14-8-9-17(10-15(14)2)30-25(33)23-22(16-6-5-7-18(11-16)35-3)19(13-28)24(29)31-26(34)20(37-27(23)31)12-21(32)36-4/h5-11,20,22H,12,29H2,1-4H3,(H,30,33). The molecule has 190 valence electrons. The maximum absolute atomic E-state index is 13.9. The fraction of sp³-hybridized carbons (Fsp3) is 0.259. The number of fused-ring (bicyclic) bond motifs is 1. The molecule has 2 unspecified atom stereocenters. The van der Waals surface area contributed by atoms with Crippen molar-refractivity contribution in [2.24, 2.45) is 5.73 Å². The molecule has 4 rings (SSSR count). The van der Waals surface area contributed by atoms with E-state index in [0.717, 1.165) is 22.9 Å². The van der Waals surface area contributed by atoms with Gasteiger partial charge in [0, 0.05) is 5.69 Å². The van der Waals surface area contributed by atoms with Crippen LogP contribution in [-0.4, -0.2) is 42.2 Å². The highest BCUT2D eigenvalue weighted by molar-refractivity contribution is 8.04. The van der Waals surface area contributed by atoms with Crippen LogP contribution in [0.15, 0.2) is 64.5 Å². The first-order chi connectivity index (χ1) is 17.7. The van der Waals surface area contributed by atoms with E-state index in [2.05, 4.69) is 11.4 Å². The summed E-state index contributed by atoms with van der Waals surface area (Å²) >= 11 is 1.06. The van der Waals surface area contributed by atoms with Crippen molar-refractivity contribution < 1.29 is 23.9 Å². The Kier molecular flexibility index (Phi) is 7.27. The van der Waals surface area contributed by atoms with Gasteiger partial charge in [0.05, 0.1) is 48.8 Å². The number of nitriles is 1. The number of aryl methyl sites for hydroxylation is 2. The van der Waals surface area contributed by atoms with E-state index in [1.165, 1.54) is 19.1 Å². The van der Waals surface area contributed by atoms with Crippen molar-refractivity contribution in [3.63, 3.8) is 0 Å². The van der Waals surface area contributed by atoms with Crippen molar-refractivity contribution in [2.75, 3.05) is 19.5 Å². The number of allylic oxidation sites excluding steroid dienone is 1. The first-order valence-electron chi connectivity index (χ1n) is 11.4. The minimum absolute atomic E-state index is 0.0508. The molecule has 0 spiro atoms. The van der Waals surface area contributed by atoms with Crippen molar-refractivity contribution in [3.05, 3.63) is 81.2 Å². The van der Waals surface area contributed by atoms with Crippen LogP contribution in [0.2, 0.25) is 0 Å². The highest BCUT2D eigenvalue weighted by Gasteiger charge is 2.48. The summed E-state index contributed by atoms with van der Waals surface area (Å²) in [6, 6.07) is 14.6. The van der Waals surface area contributed by atoms with Crippen molar-refractivity contribution in [2.45, 2.75) is 31.4 Å². The number of esters is 1. The Morgan fingerprint density at radius 1 is 1.16 bits per heavy atom. The number of carbonyl (C=O) groups is 3. The number of nitrogens with one attached hydrogen (secondary N) is 1. The Morgan fingerprint density at radius 2 is 1.92 bits per heavy atom. The van der Waals surface area contributed by atoms with E-state index < -0.39 is 29.0 Å². The molecule has 2 heterocycles. The van der Waals surface area contributed by atoms with Crippen LogP contribution >= 0.6 is 11.8 Å². The van der Waals surface area contributed by atoms with E-state index in [9.17, 15) is 19.6 Å². The number of hydrogen-bond donors (Lipinski definition) is 2. The smallest absolute Gasteiger partial charge is 0.307 e. The third kappa shape index (κ3) is 4.78. The predicted octanol–water partition coefficient (Wildman–Crippen LogP) is 3.46. The molecular formula is C27H26N4O5S. The molecule has 2 aromatic rings. The maximum Gasteiger partial charge on any atom is 0.307 e. The number of methoxy groups -OCH3 is 2. The van der Waals surface area contributed by atoms with Crippen LogP contribution in [0.3, 0.4) is 0 Å². The van der Waals surface area contributed by atoms with Gasteiger partial charge in [-0.3, -0.25) is 19.3 Å². The quantitative estimate of drug-likeness (QED) is 0.555. The van der Waals surface area contributed by atoms with Gasteiger partial charge in [0.25, 0.3) is 5.91 Å². The van der Waals surface area contributed by atoms with Gasteiger partial charge in [-0.2, -0.15) is 5.26 Å². The van der Waals surface area contributed by atoms with Crippen molar-refractivity contribution in [1.29, 1.82) is 5.26 Å². The molecule has 2 aliphatic heterocycles. The lowest BCUT2D eigenvalue weighted by Gasteiger charge is -2.32. The second kappa shape index (κ2) is 10.4. The highest BCUT2D eigenvalue weighted by atomic mass is 32.2. The molecule has 2 amide bonds. The van der Waals surface area contributed by atoms with Gasteiger partial charge < -0.3 is 20.5 Å². The number of rotatable bonds is 6. The third-order valence-corrected chi connectivity index (χ3v) is 7.69. The van der Waals surface area contributed by atoms with Crippen molar-refractivity contribution in [1.82, 2.24) is 4.90 Å². The minimum atomic E-state index is -0.866. The molecule has 1 saturated heterocycles. The Morgan fingerprint density at radius 3 is 2.57 bits per heavy atom. The Balaban J connectivity index is 1.89. The molecule has 0 saturated carbocycles. The molecule has 1 fully saturated rings. The van der Waals surface area contributed by atoms with Crippen LogP contribution in [0.1, 0.15) is 29.0 Å². The fourth-order valence-electron chi connectivity index (χ4n) is 4.32. The molecular weight excluding hydrogens is 492 g/mol. The van der Waals surface area contributed by atoms with Crippen molar-refractivity contribution in [3.8, 4) is 11.8 Å². The van der Waals surface area contributed by atoms with Crippen molar-refractivity contribution >= 4 is 35.2 Å². The zero-order chi connectivity index (χ0) is 26.9. The molecule has 0 radical (unpaired) electrons. The second-order valence-corrected chi connectivity index (χ2v) is 9.84. The van der Waals surface area contributed by atoms with Crippen LogP contribution in [0.4, 0.5) is 5.69 Å². The van der Waals surface area contributed by atoms with E-state index in [1.54, 1.807) is 30.3 Å². The summed E-state index contributed by atoms with van der Waals surface area (Å²) in [5, 5.41) is 12.5. The summed E-state index contributed by atoms with van der Waals surface area (Å²) in [6.45, 7) is 3.91. The lowest BCUT2D eigenvalue weighted by atomic mass is 9.82. The number of thioether (sulfide) groups is 1. The van der Waals surface area contributed by atoms with E-state index in [-0.39, 0.29) is 28.4 Å². The lowest BCUT2D eigenvalue weighted by molar-refractivity contribution is -0.142. The number of carbonyl (C=O) groups excluding carboxylic acids is 3. The van der Waals surface area contributed by atoms with E-state index in [1.807, 2.05) is 26.0 Å². The number of nitrogens with zero attached hydrogens (tertiary/aromatic N) is 2. The van der Waals surface area contributed by atoms with E-state index in [4.69, 9.17) is 15.2 Å². The summed E-state index contributed by atoms with van der Waals surface area (Å²) in [7, 11) is 2.76. The van der Waals surface area contributed by atoms with Gasteiger partial charge in [-0.05, 0) is 54.8 Å². The van der Waals surface area contributed by atoms with Crippen LogP contribution < -0.4 is 15.8 Å². The van der Waals surface area contributed by atoms with Crippen LogP contribution in [-0.2, 0) is 19.1 Å². The van der Waals surface area contributed by atoms with Gasteiger partial charge in [-0.15, -0.1) is 0 Å². The molecule has 9 nitrogen and oxygen atoms in total. The van der Waals surface area contributed by atoms with Gasteiger partial charge in [-0.25, -0.2) is 0 Å². The monoisotopic (exact) mass is 518 g/mol. The molecule has 10 heteroatoms. The van der Waals surface area contributed by atoms with E-state index >= 15 is 0 Å². The average molecular weight is 519 g/mol. The topological polar surface area (TPSA) is 135 Å². The average Bonchev–Trinajstić information content (AvgIpc) is 3.21. The molecule has 2 aliphatic rings. The van der Waals surface area contributed by atoms with Crippen LogP contribution in [0.25, 0.3) is 0 Å². The zero-order valence-corrected chi connectivity index (χ0v) is 21.6. The number of amides is 2. The lowest BCUT2D eigenvalue weighted by Crippen LogP contribution is -2.39. The van der Waals surface area contributed by atoms with Gasteiger partial charge in [0.1, 0.15) is 16.8 Å². The first-order valence-corrected chi connectivity index (χ1v) is 12.3. The number of anilines is 1. The summed E-state index contributed by atoms with van der Waals surface area (Å²) in [5.41, 5.74) is 9.84. The molecule has 0 bridgehead atoms. The number of nitrogens with two attached hydrogens (primary N) is 1. The minimum Gasteiger partial charge on any atom is -0.497 e. The zero-order valence-electron chi connectivity index (χ0n) is 20.8. The van der Waals surface area contributed by atoms with Gasteiger partial charge in [0.2, 0.25) is 5.91 Å². The highest BCUT2D eigenvalue weighted by Crippen LogP contribution is 2.50. The molecule has 3 N–H and O–H groups in total. The van der Waals surface area contributed by atoms with Crippen LogP contribution in [0, 0.1) is 25.2 Å². The SMILES string of the molecule is COC(=O)CC1SC2=C(C(=O)Nc3ccc(C)c(C)c3)C(c3cccc(OC)c3)C(C#N)=C(N)N2C1=O. The Bertz CT molecular complexity index is 1410.